The highest BCUT2D eigenvalue weighted by atomic mass is 32.2. The molecule has 7 nitrogen and oxygen atoms in total. The van der Waals surface area contributed by atoms with E-state index in [1.165, 1.54) is 19.3 Å². The van der Waals surface area contributed by atoms with E-state index in [1.807, 2.05) is 72.8 Å². The number of para-hydroxylation sites is 1. The number of rotatable bonds is 9. The molecule has 178 valence electrons. The Kier molecular flexibility index (Phi) is 7.69. The number of nitrogens with one attached hydrogen (secondary N) is 2. The third-order valence-electron chi connectivity index (χ3n) is 5.69. The van der Waals surface area contributed by atoms with Crippen LogP contribution in [0.4, 0.5) is 17.1 Å². The van der Waals surface area contributed by atoms with E-state index in [1.54, 1.807) is 17.1 Å². The van der Waals surface area contributed by atoms with Gasteiger partial charge in [-0.2, -0.15) is 0 Å². The third kappa shape index (κ3) is 6.74. The molecule has 2 N–H and O–H groups in total. The van der Waals surface area contributed by atoms with Crippen LogP contribution in [-0.2, 0) is 21.4 Å². The Morgan fingerprint density at radius 2 is 1.44 bits per heavy atom. The number of hydrazine groups is 1. The molecule has 1 fully saturated rings. The number of nitrogens with zero attached hydrogens (tertiary/aromatic N) is 2. The monoisotopic (exact) mass is 478 g/mol. The van der Waals surface area contributed by atoms with Crippen LogP contribution < -0.4 is 20.1 Å². The number of carbonyl (C=O) groups is 1. The summed E-state index contributed by atoms with van der Waals surface area (Å²) in [6, 6.07) is 26.3. The Hall–Kier alpha value is -3.52. The minimum absolute atomic E-state index is 0.405. The molecular formula is C26H30N4O3S. The van der Waals surface area contributed by atoms with E-state index in [0.717, 1.165) is 30.0 Å². The summed E-state index contributed by atoms with van der Waals surface area (Å²) in [5.41, 5.74) is 6.02. The highest BCUT2D eigenvalue weighted by Crippen LogP contribution is 2.22. The second-order valence-electron chi connectivity index (χ2n) is 8.40. The molecule has 0 bridgehead atoms. The average molecular weight is 479 g/mol. The molecule has 1 amide bonds. The molecule has 8 heteroatoms. The molecule has 1 heterocycles. The second kappa shape index (κ2) is 11.1. The summed E-state index contributed by atoms with van der Waals surface area (Å²) in [5, 5.41) is 1.65. The zero-order valence-electron chi connectivity index (χ0n) is 19.1. The summed E-state index contributed by atoms with van der Waals surface area (Å²) in [6.07, 6.45) is 3.60. The zero-order valence-corrected chi connectivity index (χ0v) is 19.9. The van der Waals surface area contributed by atoms with Gasteiger partial charge >= 0.3 is 0 Å². The van der Waals surface area contributed by atoms with E-state index in [9.17, 15) is 13.2 Å². The number of sulfonamides is 1. The molecule has 34 heavy (non-hydrogen) atoms. The molecule has 4 rings (SSSR count). The van der Waals surface area contributed by atoms with Crippen LogP contribution in [0, 0.1) is 0 Å². The van der Waals surface area contributed by atoms with Crippen LogP contribution in [0.25, 0.3) is 0 Å². The van der Waals surface area contributed by atoms with E-state index >= 15 is 0 Å². The Bertz CT molecular complexity index is 1160. The summed E-state index contributed by atoms with van der Waals surface area (Å²) in [6.45, 7) is 2.44. The van der Waals surface area contributed by atoms with Crippen molar-refractivity contribution in [1.82, 2.24) is 5.43 Å². The topological polar surface area (TPSA) is 81.8 Å². The van der Waals surface area contributed by atoms with Gasteiger partial charge in [-0.05, 0) is 61.2 Å². The van der Waals surface area contributed by atoms with Crippen molar-refractivity contribution in [3.05, 3.63) is 90.5 Å². The number of piperidine rings is 1. The highest BCUT2D eigenvalue weighted by molar-refractivity contribution is 7.93. The first-order valence-electron chi connectivity index (χ1n) is 11.5. The maximum Gasteiger partial charge on any atom is 0.255 e. The van der Waals surface area contributed by atoms with Crippen molar-refractivity contribution < 1.29 is 13.2 Å². The molecule has 0 atom stereocenters. The van der Waals surface area contributed by atoms with Gasteiger partial charge in [0.1, 0.15) is 5.75 Å². The predicted octanol–water partition coefficient (Wildman–Crippen LogP) is 4.16. The second-order valence-corrected chi connectivity index (χ2v) is 10.1. The van der Waals surface area contributed by atoms with Gasteiger partial charge in [0.05, 0.1) is 12.2 Å². The van der Waals surface area contributed by atoms with Crippen molar-refractivity contribution in [2.75, 3.05) is 33.5 Å². The normalized spacial score (nSPS) is 13.8. The fourth-order valence-corrected chi connectivity index (χ4v) is 5.01. The van der Waals surface area contributed by atoms with Crippen LogP contribution in [0.3, 0.4) is 0 Å². The van der Waals surface area contributed by atoms with Crippen LogP contribution in [0.2, 0.25) is 0 Å². The molecule has 1 aliphatic heterocycles. The zero-order chi connectivity index (χ0) is 23.8. The van der Waals surface area contributed by atoms with E-state index < -0.39 is 21.7 Å². The Labute approximate surface area is 201 Å². The fraction of sp³-hybridized carbons (Fsp3) is 0.269. The maximum atomic E-state index is 12.7. The van der Waals surface area contributed by atoms with Gasteiger partial charge < -0.3 is 4.90 Å². The van der Waals surface area contributed by atoms with Gasteiger partial charge in [0.15, 0.2) is 0 Å². The van der Waals surface area contributed by atoms with Gasteiger partial charge in [-0.3, -0.25) is 20.0 Å². The molecular weight excluding hydrogens is 448 g/mol. The highest BCUT2D eigenvalue weighted by Gasteiger charge is 2.20. The minimum Gasteiger partial charge on any atom is -0.372 e. The molecule has 0 aliphatic carbocycles. The van der Waals surface area contributed by atoms with Gasteiger partial charge in [-0.15, -0.1) is 0 Å². The van der Waals surface area contributed by atoms with Crippen molar-refractivity contribution in [1.29, 1.82) is 0 Å². The van der Waals surface area contributed by atoms with Crippen molar-refractivity contribution in [2.24, 2.45) is 0 Å². The fourth-order valence-electron chi connectivity index (χ4n) is 4.03. The van der Waals surface area contributed by atoms with Crippen LogP contribution >= 0.6 is 0 Å². The molecule has 1 aliphatic rings. The molecule has 0 spiro atoms. The lowest BCUT2D eigenvalue weighted by atomic mass is 10.1. The largest absolute Gasteiger partial charge is 0.372 e. The Morgan fingerprint density at radius 1 is 0.824 bits per heavy atom. The predicted molar refractivity (Wildman–Crippen MR) is 137 cm³/mol. The van der Waals surface area contributed by atoms with Crippen LogP contribution in [0.1, 0.15) is 24.8 Å². The number of anilines is 3. The van der Waals surface area contributed by atoms with Crippen molar-refractivity contribution >= 4 is 33.0 Å². The van der Waals surface area contributed by atoms with Crippen LogP contribution in [0.5, 0.6) is 0 Å². The van der Waals surface area contributed by atoms with Crippen molar-refractivity contribution in [3.63, 3.8) is 0 Å². The lowest BCUT2D eigenvalue weighted by Gasteiger charge is -2.28. The molecule has 0 radical (unpaired) electrons. The summed E-state index contributed by atoms with van der Waals surface area (Å²) in [5.74, 6) is -1.30. The maximum absolute atomic E-state index is 12.7. The number of hydrogen-bond donors (Lipinski definition) is 2. The minimum atomic E-state index is -3.87. The molecule has 0 aromatic heterocycles. The van der Waals surface area contributed by atoms with Gasteiger partial charge in [0.25, 0.3) is 5.91 Å². The summed E-state index contributed by atoms with van der Waals surface area (Å²) >= 11 is 0. The molecule has 0 unspecified atom stereocenters. The lowest BCUT2D eigenvalue weighted by molar-refractivity contribution is -0.118. The lowest BCUT2D eigenvalue weighted by Crippen LogP contribution is -2.45. The third-order valence-corrected chi connectivity index (χ3v) is 6.88. The van der Waals surface area contributed by atoms with Gasteiger partial charge in [0, 0.05) is 24.5 Å². The smallest absolute Gasteiger partial charge is 0.255 e. The average Bonchev–Trinajstić information content (AvgIpc) is 2.85. The quantitative estimate of drug-likeness (QED) is 0.452. The van der Waals surface area contributed by atoms with Gasteiger partial charge in [-0.1, -0.05) is 48.5 Å². The summed E-state index contributed by atoms with van der Waals surface area (Å²) in [7, 11) is -3.87. The summed E-state index contributed by atoms with van der Waals surface area (Å²) in [4.78, 5) is 15.0. The van der Waals surface area contributed by atoms with E-state index in [4.69, 9.17) is 0 Å². The van der Waals surface area contributed by atoms with E-state index in [-0.39, 0.29) is 0 Å². The molecule has 1 saturated heterocycles. The number of amides is 1. The standard InChI is InChI=1S/C26H30N4O3S/c31-26(27-30(25-12-6-2-7-13-25)20-22-10-4-1-5-11-22)21-34(32,33)28-23-14-16-24(17-15-23)29-18-8-3-9-19-29/h1-2,4-7,10-17,28H,3,8-9,18-21H2,(H,27,31). The van der Waals surface area contributed by atoms with Crippen LogP contribution in [-0.4, -0.2) is 33.2 Å². The van der Waals surface area contributed by atoms with Crippen molar-refractivity contribution in [2.45, 2.75) is 25.8 Å². The Morgan fingerprint density at radius 3 is 2.09 bits per heavy atom. The van der Waals surface area contributed by atoms with Gasteiger partial charge in [-0.25, -0.2) is 8.42 Å². The number of benzene rings is 3. The molecule has 3 aromatic carbocycles. The molecule has 0 saturated carbocycles. The molecule has 3 aromatic rings. The summed E-state index contributed by atoms with van der Waals surface area (Å²) < 4.78 is 27.9. The SMILES string of the molecule is O=C(CS(=O)(=O)Nc1ccc(N2CCCCC2)cc1)NN(Cc1ccccc1)c1ccccc1. The first-order valence-corrected chi connectivity index (χ1v) is 13.2. The Balaban J connectivity index is 1.38. The number of carbonyl (C=O) groups excluding carboxylic acids is 1. The first kappa shape index (κ1) is 23.6. The van der Waals surface area contributed by atoms with Crippen molar-refractivity contribution in [3.8, 4) is 0 Å². The van der Waals surface area contributed by atoms with Gasteiger partial charge in [0.2, 0.25) is 10.0 Å². The first-order chi connectivity index (χ1) is 16.5. The van der Waals surface area contributed by atoms with E-state index in [0.29, 0.717) is 12.2 Å². The number of hydrogen-bond acceptors (Lipinski definition) is 5. The van der Waals surface area contributed by atoms with Crippen LogP contribution in [0.15, 0.2) is 84.9 Å². The van der Waals surface area contributed by atoms with E-state index in [2.05, 4.69) is 15.0 Å².